The minimum absolute atomic E-state index is 0.0977. The lowest BCUT2D eigenvalue weighted by atomic mass is 9.51. The number of carbonyl (C=O) groups is 1. The van der Waals surface area contributed by atoms with Crippen molar-refractivity contribution in [2.24, 2.45) is 11.8 Å². The zero-order chi connectivity index (χ0) is 27.6. The number of phenols is 1. The van der Waals surface area contributed by atoms with E-state index in [9.17, 15) is 9.90 Å². The Morgan fingerprint density at radius 1 is 1.26 bits per heavy atom. The topological polar surface area (TPSA) is 62.2 Å². The number of likely N-dealkylation sites (N-methyl/N-ethyl adjacent to an activating group) is 1. The van der Waals surface area contributed by atoms with Gasteiger partial charge in [0, 0.05) is 46.7 Å². The van der Waals surface area contributed by atoms with Gasteiger partial charge in [0.05, 0.1) is 13.2 Å². The normalized spacial score (nSPS) is 28.3. The van der Waals surface area contributed by atoms with Gasteiger partial charge in [-0.15, -0.1) is 0 Å². The highest BCUT2D eigenvalue weighted by Gasteiger charge is 2.66. The van der Waals surface area contributed by atoms with Crippen LogP contribution in [0.15, 0.2) is 24.3 Å². The fraction of sp³-hybridized carbons (Fsp3) is 0.545. The van der Waals surface area contributed by atoms with Crippen molar-refractivity contribution >= 4 is 5.91 Å². The Bertz CT molecular complexity index is 1390. The van der Waals surface area contributed by atoms with Crippen LogP contribution in [-0.2, 0) is 16.6 Å². The summed E-state index contributed by atoms with van der Waals surface area (Å²) in [5.74, 6) is 8.35. The maximum Gasteiger partial charge on any atom is 0.299 e. The molecule has 6 nitrogen and oxygen atoms in total. The molecule has 1 saturated carbocycles. The summed E-state index contributed by atoms with van der Waals surface area (Å²) in [5.41, 5.74) is 5.14. The first-order valence-electron chi connectivity index (χ1n) is 14.4. The number of likely N-dealkylation sites (tertiary alicyclic amines) is 1. The minimum Gasteiger partial charge on any atom is -0.508 e. The molecular weight excluding hydrogens is 488 g/mol. The molecule has 5 atom stereocenters. The lowest BCUT2D eigenvalue weighted by molar-refractivity contribution is -0.137. The molecule has 0 unspecified atom stereocenters. The number of benzene rings is 2. The molecule has 2 aromatic rings. The first-order chi connectivity index (χ1) is 18.6. The Balaban J connectivity index is 1.42. The second-order valence-electron chi connectivity index (χ2n) is 12.5. The van der Waals surface area contributed by atoms with E-state index in [2.05, 4.69) is 57.5 Å². The maximum atomic E-state index is 13.9. The van der Waals surface area contributed by atoms with Gasteiger partial charge < -0.3 is 24.4 Å². The van der Waals surface area contributed by atoms with Gasteiger partial charge in [-0.25, -0.2) is 0 Å². The standard InChI is InChI=1S/C33H40N2O4/c1-19(2)18-35(29(37)12-9-22-8-7-20(3)21(4)15-22)25-11-10-24-26-16-23-27(36)17-28(38-6)31-30(23)33(24,32(25)39-31)13-14-34(26)5/h7-8,15,17,19,24-26,32,36H,10-11,13-14,16,18H2,1-6H3/t24-,25-,26+,32-,33-/m0/s1. The number of nitrogens with zero attached hydrogens (tertiary/aromatic N) is 2. The predicted octanol–water partition coefficient (Wildman–Crippen LogP) is 4.59. The molecule has 1 saturated heterocycles. The summed E-state index contributed by atoms with van der Waals surface area (Å²) in [6.07, 6.45) is 3.46. The number of piperidine rings is 1. The van der Waals surface area contributed by atoms with Gasteiger partial charge >= 0.3 is 0 Å². The molecular formula is C33H40N2O4. The zero-order valence-electron chi connectivity index (χ0n) is 24.0. The summed E-state index contributed by atoms with van der Waals surface area (Å²) in [6.45, 7) is 10.0. The molecule has 2 aromatic carbocycles. The van der Waals surface area contributed by atoms with Gasteiger partial charge in [-0.05, 0) is 88.2 Å². The number of aryl methyl sites for hydroxylation is 2. The smallest absolute Gasteiger partial charge is 0.299 e. The van der Waals surface area contributed by atoms with Crippen LogP contribution >= 0.6 is 0 Å². The molecule has 2 aliphatic heterocycles. The number of phenolic OH excluding ortho intramolecular Hbond substituents is 1. The Morgan fingerprint density at radius 3 is 2.77 bits per heavy atom. The molecule has 2 bridgehead atoms. The van der Waals surface area contributed by atoms with Crippen LogP contribution < -0.4 is 9.47 Å². The van der Waals surface area contributed by atoms with Crippen molar-refractivity contribution in [2.45, 2.75) is 77.0 Å². The molecule has 2 fully saturated rings. The maximum absolute atomic E-state index is 13.9. The Hall–Kier alpha value is -3.17. The third-order valence-electron chi connectivity index (χ3n) is 9.92. The van der Waals surface area contributed by atoms with E-state index in [1.807, 2.05) is 17.0 Å². The largest absolute Gasteiger partial charge is 0.508 e. The van der Waals surface area contributed by atoms with Crippen molar-refractivity contribution in [1.29, 1.82) is 0 Å². The first-order valence-corrected chi connectivity index (χ1v) is 14.4. The summed E-state index contributed by atoms with van der Waals surface area (Å²) in [5, 5.41) is 11.1. The van der Waals surface area contributed by atoms with Crippen LogP contribution in [0.25, 0.3) is 0 Å². The number of hydrogen-bond acceptors (Lipinski definition) is 5. The SMILES string of the molecule is COc1cc(O)c2c3c1O[C@H]1[C@@H](N(CC(C)C)C(=O)C#Cc4ccc(C)c(C)c4)CC[C@H]4[C@@H](C2)N(C)CC[C@@]341. The van der Waals surface area contributed by atoms with Gasteiger partial charge in [-0.1, -0.05) is 25.8 Å². The number of hydrogen-bond donors (Lipinski definition) is 1. The molecule has 0 radical (unpaired) electrons. The average Bonchev–Trinajstić information content (AvgIpc) is 3.25. The highest BCUT2D eigenvalue weighted by Crippen LogP contribution is 2.65. The molecule has 1 spiro atoms. The fourth-order valence-electron chi connectivity index (χ4n) is 8.01. The molecule has 1 amide bonds. The second kappa shape index (κ2) is 9.48. The summed E-state index contributed by atoms with van der Waals surface area (Å²) < 4.78 is 12.6. The van der Waals surface area contributed by atoms with Crippen LogP contribution in [0.1, 0.15) is 60.9 Å². The first kappa shape index (κ1) is 26.1. The fourth-order valence-corrected chi connectivity index (χ4v) is 8.01. The van der Waals surface area contributed by atoms with E-state index in [0.29, 0.717) is 35.9 Å². The Labute approximate surface area is 232 Å². The molecule has 6 rings (SSSR count). The second-order valence-corrected chi connectivity index (χ2v) is 12.5. The number of amides is 1. The van der Waals surface area contributed by atoms with E-state index in [-0.39, 0.29) is 23.5 Å². The number of methoxy groups -OCH3 is 1. The Kier molecular flexibility index (Phi) is 6.34. The summed E-state index contributed by atoms with van der Waals surface area (Å²) in [4.78, 5) is 18.3. The van der Waals surface area contributed by atoms with Crippen molar-refractivity contribution in [2.75, 3.05) is 27.2 Å². The van der Waals surface area contributed by atoms with Crippen LogP contribution in [0.5, 0.6) is 17.2 Å². The van der Waals surface area contributed by atoms with Crippen LogP contribution in [0.2, 0.25) is 0 Å². The van der Waals surface area contributed by atoms with Crippen molar-refractivity contribution in [3.05, 3.63) is 52.1 Å². The van der Waals surface area contributed by atoms with Crippen molar-refractivity contribution in [3.63, 3.8) is 0 Å². The van der Waals surface area contributed by atoms with Gasteiger partial charge in [0.1, 0.15) is 11.9 Å². The van der Waals surface area contributed by atoms with Crippen LogP contribution in [0.3, 0.4) is 0 Å². The van der Waals surface area contributed by atoms with Crippen molar-refractivity contribution in [3.8, 4) is 29.1 Å². The molecule has 206 valence electrons. The van der Waals surface area contributed by atoms with Crippen LogP contribution in [-0.4, -0.2) is 66.2 Å². The van der Waals surface area contributed by atoms with E-state index in [1.165, 1.54) is 11.1 Å². The monoisotopic (exact) mass is 528 g/mol. The van der Waals surface area contributed by atoms with E-state index in [4.69, 9.17) is 9.47 Å². The van der Waals surface area contributed by atoms with Crippen molar-refractivity contribution in [1.82, 2.24) is 9.80 Å². The highest BCUT2D eigenvalue weighted by atomic mass is 16.5. The lowest BCUT2D eigenvalue weighted by Gasteiger charge is -2.60. The number of ether oxygens (including phenoxy) is 2. The highest BCUT2D eigenvalue weighted by molar-refractivity contribution is 5.94. The van der Waals surface area contributed by atoms with Gasteiger partial charge in [-0.2, -0.15) is 0 Å². The molecule has 6 heteroatoms. The molecule has 2 aliphatic carbocycles. The van der Waals surface area contributed by atoms with E-state index in [0.717, 1.165) is 54.7 Å². The van der Waals surface area contributed by atoms with Crippen LogP contribution in [0, 0.1) is 37.5 Å². The lowest BCUT2D eigenvalue weighted by Crippen LogP contribution is -2.68. The van der Waals surface area contributed by atoms with Crippen LogP contribution in [0.4, 0.5) is 0 Å². The molecule has 4 aliphatic rings. The van der Waals surface area contributed by atoms with E-state index >= 15 is 0 Å². The summed E-state index contributed by atoms with van der Waals surface area (Å²) in [6, 6.07) is 8.04. The molecule has 39 heavy (non-hydrogen) atoms. The molecule has 2 heterocycles. The van der Waals surface area contributed by atoms with Gasteiger partial charge in [0.25, 0.3) is 5.91 Å². The summed E-state index contributed by atoms with van der Waals surface area (Å²) >= 11 is 0. The van der Waals surface area contributed by atoms with Gasteiger partial charge in [0.2, 0.25) is 0 Å². The van der Waals surface area contributed by atoms with Gasteiger partial charge in [-0.3, -0.25) is 4.79 Å². The third-order valence-corrected chi connectivity index (χ3v) is 9.92. The third kappa shape index (κ3) is 3.92. The number of carbonyl (C=O) groups excluding carboxylic acids is 1. The minimum atomic E-state index is -0.244. The Morgan fingerprint density at radius 2 is 2.05 bits per heavy atom. The van der Waals surface area contributed by atoms with Crippen molar-refractivity contribution < 1.29 is 19.4 Å². The average molecular weight is 529 g/mol. The van der Waals surface area contributed by atoms with Gasteiger partial charge in [0.15, 0.2) is 11.5 Å². The quantitative estimate of drug-likeness (QED) is 0.588. The zero-order valence-corrected chi connectivity index (χ0v) is 24.0. The van der Waals surface area contributed by atoms with E-state index in [1.54, 1.807) is 13.2 Å². The van der Waals surface area contributed by atoms with E-state index < -0.39 is 0 Å². The predicted molar refractivity (Wildman–Crippen MR) is 151 cm³/mol. The number of aromatic hydroxyl groups is 1. The summed E-state index contributed by atoms with van der Waals surface area (Å²) in [7, 11) is 3.84. The number of rotatable bonds is 4. The molecule has 1 N–H and O–H groups in total. The molecule has 0 aromatic heterocycles.